The molecule has 4 aromatic rings. The quantitative estimate of drug-likeness (QED) is 0.0116. The molecule has 2 saturated heterocycles. The van der Waals surface area contributed by atoms with Gasteiger partial charge in [-0.15, -0.1) is 0 Å². The molecule has 0 spiro atoms. The van der Waals surface area contributed by atoms with E-state index in [1.165, 1.54) is 55.5 Å². The lowest BCUT2D eigenvalue weighted by Gasteiger charge is -2.34. The number of aromatic nitrogens is 3. The van der Waals surface area contributed by atoms with Crippen molar-refractivity contribution in [2.24, 2.45) is 23.3 Å². The molecule has 4 heterocycles. The van der Waals surface area contributed by atoms with Crippen molar-refractivity contribution >= 4 is 158 Å². The predicted molar refractivity (Wildman–Crippen MR) is 547 cm³/mol. The van der Waals surface area contributed by atoms with Crippen LogP contribution in [0.4, 0.5) is 0 Å². The molecule has 49 nitrogen and oxygen atoms in total. The zero-order valence-electron chi connectivity index (χ0n) is 84.3. The number of imidazole rings is 1. The Labute approximate surface area is 866 Å². The molecule has 0 bridgehead atoms. The van der Waals surface area contributed by atoms with Crippen LogP contribution < -0.4 is 102 Å². The molecule has 2 aliphatic heterocycles. The van der Waals surface area contributed by atoms with E-state index in [9.17, 15) is 116 Å². The summed E-state index contributed by atoms with van der Waals surface area (Å²) in [6, 6.07) is 0.132. The molecule has 3 aliphatic rings. The van der Waals surface area contributed by atoms with E-state index in [0.29, 0.717) is 59.6 Å². The number of unbranched alkanes of at least 4 members (excludes halogenated alkanes) is 3. The van der Waals surface area contributed by atoms with Crippen molar-refractivity contribution < 1.29 is 116 Å². The fourth-order valence-corrected chi connectivity index (χ4v) is 17.3. The highest BCUT2D eigenvalue weighted by Crippen LogP contribution is 2.25. The molecule has 12 unspecified atom stereocenters. The Balaban J connectivity index is 0.973. The molecule has 2 aromatic carbocycles. The number of nitrogens with two attached hydrogens (primary N) is 2. The topological polar surface area (TPSA) is 733 Å². The summed E-state index contributed by atoms with van der Waals surface area (Å²) >= 11 is 7.24. The number of H-pyrrole nitrogens is 2. The predicted octanol–water partition coefficient (Wildman–Crippen LogP) is -3.42. The average Bonchev–Trinajstić information content (AvgIpc) is 1.68. The van der Waals surface area contributed by atoms with E-state index in [0.717, 1.165) is 11.0 Å². The molecule has 0 radical (unpaired) electrons. The van der Waals surface area contributed by atoms with Crippen molar-refractivity contribution in [2.45, 2.75) is 242 Å². The molecule has 51 heteroatoms. The minimum absolute atomic E-state index is 0.0181. The second-order valence-corrected chi connectivity index (χ2v) is 38.8. The number of para-hydroxylation sites is 1. The van der Waals surface area contributed by atoms with E-state index in [-0.39, 0.29) is 178 Å². The normalized spacial score (nSPS) is 17.9. The molecule has 7 rings (SSSR count). The number of primary amides is 2. The number of thioether (sulfide) groups is 1. The first kappa shape index (κ1) is 121. The first-order chi connectivity index (χ1) is 70.4. The minimum atomic E-state index is -1.48. The summed E-state index contributed by atoms with van der Waals surface area (Å²) in [7, 11) is 0. The van der Waals surface area contributed by atoms with Gasteiger partial charge in [0.15, 0.2) is 5.11 Å². The number of carbonyl (C=O) groups is 20. The summed E-state index contributed by atoms with van der Waals surface area (Å²) in [5.74, 6) is -16.5. The maximum absolute atomic E-state index is 14.6. The highest BCUT2D eigenvalue weighted by atomic mass is 32.2. The number of amides is 17. The molecular weight excluding hydrogens is 1960 g/mol. The Morgan fingerprint density at radius 2 is 1.18 bits per heavy atom. The third kappa shape index (κ3) is 44.2. The number of allylic oxidation sites excluding steroid dienone is 2. The lowest BCUT2D eigenvalue weighted by atomic mass is 9.95. The molecular formula is C97H143N25O24S2. The smallest absolute Gasteiger partial charge is 0.317 e. The maximum Gasteiger partial charge on any atom is 0.317 e. The van der Waals surface area contributed by atoms with Gasteiger partial charge in [0, 0.05) is 120 Å². The second-order valence-electron chi connectivity index (χ2n) is 37.4. The number of aromatic amines is 2. The summed E-state index contributed by atoms with van der Waals surface area (Å²) in [4.78, 5) is 284. The van der Waals surface area contributed by atoms with Crippen LogP contribution in [0.5, 0.6) is 5.75 Å². The number of fused-ring (bicyclic) bond motifs is 1. The molecule has 17 amide bonds. The van der Waals surface area contributed by atoms with Crippen LogP contribution >= 0.6 is 24.0 Å². The summed E-state index contributed by atoms with van der Waals surface area (Å²) in [6.45, 7) is 7.94. The fourth-order valence-electron chi connectivity index (χ4n) is 16.5. The van der Waals surface area contributed by atoms with Crippen molar-refractivity contribution in [1.82, 2.24) is 120 Å². The van der Waals surface area contributed by atoms with Crippen molar-refractivity contribution in [3.8, 4) is 5.75 Å². The van der Waals surface area contributed by atoms with Crippen molar-refractivity contribution in [2.75, 3.05) is 97.1 Å². The van der Waals surface area contributed by atoms with Gasteiger partial charge in [-0.3, -0.25) is 111 Å². The maximum atomic E-state index is 14.6. The van der Waals surface area contributed by atoms with Crippen LogP contribution in [0.15, 0.2) is 90.5 Å². The van der Waals surface area contributed by atoms with E-state index in [1.54, 1.807) is 59.7 Å². The van der Waals surface area contributed by atoms with Gasteiger partial charge >= 0.3 is 17.9 Å². The van der Waals surface area contributed by atoms with Gasteiger partial charge in [0.1, 0.15) is 72.2 Å². The van der Waals surface area contributed by atoms with Crippen LogP contribution in [0.25, 0.3) is 10.9 Å². The van der Waals surface area contributed by atoms with Crippen molar-refractivity contribution in [1.29, 1.82) is 0 Å². The number of aliphatic carboxylic acids is 3. The number of hydrogen-bond donors (Lipinski definition) is 25. The summed E-state index contributed by atoms with van der Waals surface area (Å²) in [5, 5.41) is 85.7. The Bertz CT molecular complexity index is 5280. The van der Waals surface area contributed by atoms with Gasteiger partial charge in [-0.25, -0.2) is 4.98 Å². The molecule has 148 heavy (non-hydrogen) atoms. The van der Waals surface area contributed by atoms with Crippen LogP contribution in [-0.2, 0) is 115 Å². The Morgan fingerprint density at radius 3 is 1.84 bits per heavy atom. The van der Waals surface area contributed by atoms with Gasteiger partial charge < -0.3 is 132 Å². The number of thiocarbonyl (C=S) groups is 1. The van der Waals surface area contributed by atoms with Gasteiger partial charge in [0.05, 0.1) is 51.3 Å². The number of aromatic hydroxyl groups is 1. The lowest BCUT2D eigenvalue weighted by molar-refractivity contribution is -0.140. The van der Waals surface area contributed by atoms with Crippen LogP contribution in [0, 0.1) is 11.8 Å². The number of nitrogens with one attached hydrogen (secondary N) is 19. The van der Waals surface area contributed by atoms with Gasteiger partial charge in [-0.1, -0.05) is 89.1 Å². The molecule has 2 fully saturated rings. The molecule has 12 atom stereocenters. The minimum Gasteiger partial charge on any atom is -0.508 e. The van der Waals surface area contributed by atoms with E-state index in [1.807, 2.05) is 38.3 Å². The van der Waals surface area contributed by atoms with Crippen molar-refractivity contribution in [3.63, 3.8) is 0 Å². The van der Waals surface area contributed by atoms with Crippen LogP contribution in [0.1, 0.15) is 168 Å². The number of benzene rings is 2. The van der Waals surface area contributed by atoms with E-state index < -0.39 is 223 Å². The number of rotatable bonds is 57. The van der Waals surface area contributed by atoms with E-state index >= 15 is 0 Å². The second kappa shape index (κ2) is 62.7. The third-order valence-electron chi connectivity index (χ3n) is 24.6. The Morgan fingerprint density at radius 1 is 0.554 bits per heavy atom. The van der Waals surface area contributed by atoms with Crippen molar-refractivity contribution in [3.05, 3.63) is 107 Å². The highest BCUT2D eigenvalue weighted by Gasteiger charge is 2.38. The molecule has 0 saturated carbocycles. The average molecular weight is 2110 g/mol. The Hall–Kier alpha value is -14.2. The number of carbonyl (C=O) groups excluding carboxylic acids is 17. The third-order valence-corrected chi connectivity index (χ3v) is 25.4. The van der Waals surface area contributed by atoms with Crippen LogP contribution in [0.2, 0.25) is 0 Å². The molecule has 2 aromatic heterocycles. The fraction of sp³-hybridized carbons (Fsp3) is 0.567. The number of carboxylic acids is 3. The highest BCUT2D eigenvalue weighted by molar-refractivity contribution is 7.98. The lowest BCUT2D eigenvalue weighted by Crippen LogP contribution is -2.59. The first-order valence-electron chi connectivity index (χ1n) is 49.5. The molecule has 1 aliphatic carbocycles. The Kier molecular flexibility index (Phi) is 51.1. The monoisotopic (exact) mass is 2110 g/mol. The number of carboxylic acid groups (broad SMARTS) is 3. The zero-order chi connectivity index (χ0) is 109. The number of phenolic OH excluding ortho intramolecular Hbond substituents is 1. The summed E-state index contributed by atoms with van der Waals surface area (Å²) in [5.41, 5.74) is 14.7. The van der Waals surface area contributed by atoms with Gasteiger partial charge in [0.25, 0.3) is 0 Å². The number of hydrogen-bond acceptors (Lipinski definition) is 27. The zero-order valence-corrected chi connectivity index (χ0v) is 86.0. The molecule has 812 valence electrons. The van der Waals surface area contributed by atoms with Gasteiger partial charge in [0.2, 0.25) is 100 Å². The summed E-state index contributed by atoms with van der Waals surface area (Å²) < 4.78 is 0. The van der Waals surface area contributed by atoms with Crippen LogP contribution in [0.3, 0.4) is 0 Å². The standard InChI is InChI=1S/C97H143N25O24S2/c1-8-66-88(138)104-47-79(127)103-48-80(128)111-69(90(140)116-73(94(144)113-66)42-59-22-26-65(123)27-23-59)18-13-15-34-102-89(139)70(118-97(147)109-61-24-20-58(21-25-61)41-64-50-121(52-83(132)133)36-35-120(51-82(130)131)37-38-122(64)53-84(134)135)29-31-77(125)101-33-14-9-10-19-78(126)110-71(28-30-76(98)124)91(141)117-75(44-62-43-60-16-11-12-17-67(60)108-62)92(142)107-57(6)87(137)119-85(56(4)5)96(146)105-49-81(129)112-74(45-63-46-100-54-106-63)95(145)115-72(40-55(2)3)93(143)114-68(86(99)136)32-39-148-7/h11-12,16-17,20,22-23,25-27,43,46,54-57,64,66,68-75,85,108,123H,8-10,13-15,18-19,21,24,28-42,44-45,47-53H2,1-7H3,(H2,98,124)(H2,99,136)(H,100,106)(H,101,125)(H,102,139)(H,103,127)(H,104,138)(H,105,146)(H,107,142)(H,110,126)(H,111,128)(H,112,129)(H,113,144)(H,114,143)(H,115,145)(H,116,140)(H,117,141)(H,119,137)(H,130,131)(H,132,133)(H,134,135)(H2,109,118,147). The van der Waals surface area contributed by atoms with E-state index in [2.05, 4.69) is 105 Å². The first-order valence-corrected chi connectivity index (χ1v) is 51.3. The summed E-state index contributed by atoms with van der Waals surface area (Å²) in [6.07, 6.45) is 9.32. The number of phenols is 1. The van der Waals surface area contributed by atoms with Gasteiger partial charge in [-0.2, -0.15) is 11.8 Å². The van der Waals surface area contributed by atoms with Gasteiger partial charge in [-0.05, 0) is 155 Å². The largest absolute Gasteiger partial charge is 0.508 e. The number of nitrogens with zero attached hydrogens (tertiary/aromatic N) is 4. The van der Waals surface area contributed by atoms with Crippen LogP contribution in [-0.4, -0.2) is 343 Å². The SMILES string of the molecule is CCC1NC(=O)C(Cc2ccc(O)cc2)NC(=O)C(CCCCNC(=O)C(CCC(=O)NCCCCCC(=O)NC(CCC(N)=O)C(=O)NC(Cc2cc3ccccc3[nH]2)C(=O)NC(C)C(=O)NC(C(=O)NCC(=O)NC(Cc2c[nH]cn2)C(=O)NC(CC(C)C)C(=O)NC(CCSC)C(N)=O)C(C)C)NC(=S)NC2=CCC(CC3CN(CC(=O)O)CCN(CC(=O)O)CCN3CC(=O)O)=CC2)NC(=O)CNC(=O)CNC1=O. The van der Waals surface area contributed by atoms with E-state index in [4.69, 9.17) is 23.7 Å². The molecule has 27 N–H and O–H groups in total.